The van der Waals surface area contributed by atoms with Crippen LogP contribution in [-0.4, -0.2) is 10.2 Å². The van der Waals surface area contributed by atoms with Gasteiger partial charge >= 0.3 is 0 Å². The lowest BCUT2D eigenvalue weighted by Crippen LogP contribution is -1.81. The van der Waals surface area contributed by atoms with Crippen molar-refractivity contribution in [3.8, 4) is 11.5 Å². The molecule has 2 heterocycles. The number of halogens is 1. The van der Waals surface area contributed by atoms with Gasteiger partial charge < -0.3 is 8.83 Å². The van der Waals surface area contributed by atoms with Gasteiger partial charge in [0.25, 0.3) is 5.89 Å². The van der Waals surface area contributed by atoms with Gasteiger partial charge in [0, 0.05) is 0 Å². The third kappa shape index (κ3) is 1.53. The van der Waals surface area contributed by atoms with Gasteiger partial charge in [0.15, 0.2) is 0 Å². The van der Waals surface area contributed by atoms with Gasteiger partial charge in [-0.1, -0.05) is 0 Å². The van der Waals surface area contributed by atoms with Crippen molar-refractivity contribution in [2.24, 2.45) is 0 Å². The predicted octanol–water partition coefficient (Wildman–Crippen LogP) is 2.94. The third-order valence-electron chi connectivity index (χ3n) is 1.87. The normalized spacial score (nSPS) is 13.1. The molecule has 0 aliphatic heterocycles. The van der Waals surface area contributed by atoms with E-state index in [2.05, 4.69) is 10.2 Å². The number of nitrogens with zero attached hydrogens (tertiary/aromatic N) is 2. The first kappa shape index (κ1) is 9.27. The minimum Gasteiger partial charge on any atom is -0.469 e. The van der Waals surface area contributed by atoms with Crippen molar-refractivity contribution in [3.63, 3.8) is 0 Å². The van der Waals surface area contributed by atoms with Gasteiger partial charge in [-0.2, -0.15) is 0 Å². The molecule has 5 heteroatoms. The van der Waals surface area contributed by atoms with Crippen molar-refractivity contribution in [1.82, 2.24) is 10.2 Å². The van der Waals surface area contributed by atoms with Crippen LogP contribution in [0, 0.1) is 6.92 Å². The van der Waals surface area contributed by atoms with E-state index < -0.39 is 0 Å². The van der Waals surface area contributed by atoms with Gasteiger partial charge in [-0.05, 0) is 19.9 Å². The lowest BCUT2D eigenvalue weighted by atomic mass is 10.3. The maximum atomic E-state index is 5.80. The first-order chi connectivity index (χ1) is 6.68. The van der Waals surface area contributed by atoms with Crippen molar-refractivity contribution in [2.75, 3.05) is 0 Å². The van der Waals surface area contributed by atoms with Crippen molar-refractivity contribution in [2.45, 2.75) is 19.2 Å². The summed E-state index contributed by atoms with van der Waals surface area (Å²) in [5.41, 5.74) is 0.807. The van der Waals surface area contributed by atoms with Crippen LogP contribution in [0.2, 0.25) is 0 Å². The number of alkyl halides is 1. The zero-order valence-corrected chi connectivity index (χ0v) is 8.58. The quantitative estimate of drug-likeness (QED) is 0.719. The highest BCUT2D eigenvalue weighted by Crippen LogP contribution is 2.26. The molecule has 74 valence electrons. The van der Waals surface area contributed by atoms with Crippen LogP contribution in [0.1, 0.15) is 24.0 Å². The number of aryl methyl sites for hydroxylation is 1. The Morgan fingerprint density at radius 3 is 2.71 bits per heavy atom. The van der Waals surface area contributed by atoms with E-state index in [0.29, 0.717) is 11.8 Å². The Labute approximate surface area is 85.9 Å². The third-order valence-corrected chi connectivity index (χ3v) is 2.06. The predicted molar refractivity (Wildman–Crippen MR) is 51.0 cm³/mol. The van der Waals surface area contributed by atoms with Crippen LogP contribution >= 0.6 is 11.6 Å². The lowest BCUT2D eigenvalue weighted by Gasteiger charge is -1.92. The van der Waals surface area contributed by atoms with E-state index in [9.17, 15) is 0 Å². The molecule has 0 N–H and O–H groups in total. The van der Waals surface area contributed by atoms with E-state index in [1.807, 2.05) is 6.92 Å². The van der Waals surface area contributed by atoms with E-state index in [0.717, 1.165) is 11.3 Å². The Morgan fingerprint density at radius 2 is 2.21 bits per heavy atom. The van der Waals surface area contributed by atoms with Crippen LogP contribution in [-0.2, 0) is 0 Å². The fourth-order valence-electron chi connectivity index (χ4n) is 1.11. The largest absolute Gasteiger partial charge is 0.469 e. The average Bonchev–Trinajstić information content (AvgIpc) is 2.71. The topological polar surface area (TPSA) is 52.1 Å². The van der Waals surface area contributed by atoms with E-state index in [1.165, 1.54) is 0 Å². The van der Waals surface area contributed by atoms with Crippen LogP contribution < -0.4 is 0 Å². The van der Waals surface area contributed by atoms with Crippen molar-refractivity contribution in [1.29, 1.82) is 0 Å². The summed E-state index contributed by atoms with van der Waals surface area (Å²) in [5, 5.41) is 7.43. The average molecular weight is 213 g/mol. The Hall–Kier alpha value is -1.29. The van der Waals surface area contributed by atoms with Gasteiger partial charge in [0.2, 0.25) is 5.89 Å². The Balaban J connectivity index is 2.39. The Kier molecular flexibility index (Phi) is 2.29. The molecule has 0 saturated heterocycles. The minimum absolute atomic E-state index is 0.275. The smallest absolute Gasteiger partial charge is 0.251 e. The standard InChI is InChI=1S/C9H9ClN2O2/c1-5(10)8-11-12-9(14-8)7-3-4-13-6(7)2/h3-5H,1-2H3. The molecule has 2 aromatic rings. The number of aromatic nitrogens is 2. The molecule has 1 atom stereocenters. The molecule has 2 rings (SSSR count). The molecule has 4 nitrogen and oxygen atoms in total. The SMILES string of the molecule is Cc1occc1-c1nnc(C(C)Cl)o1. The molecule has 0 aliphatic carbocycles. The fraction of sp³-hybridized carbons (Fsp3) is 0.333. The van der Waals surface area contributed by atoms with E-state index >= 15 is 0 Å². The molecule has 0 saturated carbocycles. The van der Waals surface area contributed by atoms with Crippen LogP contribution in [0.25, 0.3) is 11.5 Å². The molecule has 0 radical (unpaired) electrons. The Morgan fingerprint density at radius 1 is 1.43 bits per heavy atom. The van der Waals surface area contributed by atoms with Crippen LogP contribution in [0.5, 0.6) is 0 Å². The van der Waals surface area contributed by atoms with Crippen molar-refractivity contribution in [3.05, 3.63) is 24.0 Å². The van der Waals surface area contributed by atoms with E-state index in [1.54, 1.807) is 19.3 Å². The summed E-state index contributed by atoms with van der Waals surface area (Å²) in [6.07, 6.45) is 1.58. The van der Waals surface area contributed by atoms with Crippen LogP contribution in [0.3, 0.4) is 0 Å². The summed E-state index contributed by atoms with van der Waals surface area (Å²) in [5.74, 6) is 1.61. The summed E-state index contributed by atoms with van der Waals surface area (Å²) in [4.78, 5) is 0. The second-order valence-electron chi connectivity index (χ2n) is 2.95. The highest BCUT2D eigenvalue weighted by atomic mass is 35.5. The van der Waals surface area contributed by atoms with Crippen LogP contribution in [0.4, 0.5) is 0 Å². The highest BCUT2D eigenvalue weighted by Gasteiger charge is 2.15. The van der Waals surface area contributed by atoms with Gasteiger partial charge in [0.05, 0.1) is 11.8 Å². The summed E-state index contributed by atoms with van der Waals surface area (Å²) >= 11 is 5.80. The molecule has 0 aromatic carbocycles. The monoisotopic (exact) mass is 212 g/mol. The summed E-state index contributed by atoms with van der Waals surface area (Å²) < 4.78 is 10.5. The number of hydrogen-bond acceptors (Lipinski definition) is 4. The number of hydrogen-bond donors (Lipinski definition) is 0. The molecule has 2 aromatic heterocycles. The van der Waals surface area contributed by atoms with Crippen molar-refractivity contribution >= 4 is 11.6 Å². The van der Waals surface area contributed by atoms with Crippen molar-refractivity contribution < 1.29 is 8.83 Å². The fourth-order valence-corrected chi connectivity index (χ4v) is 1.20. The zero-order valence-electron chi connectivity index (χ0n) is 7.82. The molecule has 0 fully saturated rings. The molecule has 0 bridgehead atoms. The highest BCUT2D eigenvalue weighted by molar-refractivity contribution is 6.20. The number of furan rings is 1. The number of rotatable bonds is 2. The second kappa shape index (κ2) is 3.46. The van der Waals surface area contributed by atoms with E-state index in [-0.39, 0.29) is 5.38 Å². The molecular formula is C9H9ClN2O2. The Bertz CT molecular complexity index is 433. The zero-order chi connectivity index (χ0) is 10.1. The summed E-state index contributed by atoms with van der Waals surface area (Å²) in [7, 11) is 0. The molecule has 14 heavy (non-hydrogen) atoms. The van der Waals surface area contributed by atoms with Crippen LogP contribution in [0.15, 0.2) is 21.2 Å². The molecule has 0 spiro atoms. The lowest BCUT2D eigenvalue weighted by molar-refractivity contribution is 0.501. The first-order valence-electron chi connectivity index (χ1n) is 4.20. The van der Waals surface area contributed by atoms with Gasteiger partial charge in [0.1, 0.15) is 11.1 Å². The summed E-state index contributed by atoms with van der Waals surface area (Å²) in [6, 6.07) is 1.78. The van der Waals surface area contributed by atoms with E-state index in [4.69, 9.17) is 20.4 Å². The molecule has 0 aliphatic rings. The first-order valence-corrected chi connectivity index (χ1v) is 4.64. The second-order valence-corrected chi connectivity index (χ2v) is 3.61. The molecule has 1 unspecified atom stereocenters. The minimum atomic E-state index is -0.275. The summed E-state index contributed by atoms with van der Waals surface area (Å²) in [6.45, 7) is 3.62. The van der Waals surface area contributed by atoms with Gasteiger partial charge in [-0.15, -0.1) is 21.8 Å². The van der Waals surface area contributed by atoms with Gasteiger partial charge in [-0.3, -0.25) is 0 Å². The molecular weight excluding hydrogens is 204 g/mol. The van der Waals surface area contributed by atoms with Gasteiger partial charge in [-0.25, -0.2) is 0 Å². The molecule has 0 amide bonds. The maximum Gasteiger partial charge on any atom is 0.251 e. The maximum absolute atomic E-state index is 5.80.